The van der Waals surface area contributed by atoms with Crippen LogP contribution in [-0.2, 0) is 14.8 Å². The number of carbonyl (C=O) groups is 1. The van der Waals surface area contributed by atoms with Crippen LogP contribution in [0.25, 0.3) is 0 Å². The zero-order valence-electron chi connectivity index (χ0n) is 12.0. The van der Waals surface area contributed by atoms with E-state index in [1.807, 2.05) is 37.3 Å². The third kappa shape index (κ3) is 4.28. The molecule has 3 atom stereocenters. The smallest absolute Gasteiger partial charge is 0.308 e. The number of aliphatic carboxylic acids is 1. The molecule has 0 saturated heterocycles. The molecule has 1 aromatic carbocycles. The predicted molar refractivity (Wildman–Crippen MR) is 80.5 cm³/mol. The molecule has 116 valence electrons. The summed E-state index contributed by atoms with van der Waals surface area (Å²) in [5.74, 6) is -1.68. The first-order chi connectivity index (χ1) is 9.89. The molecular formula is C15H21NO4S. The maximum absolute atomic E-state index is 12.2. The fourth-order valence-electron chi connectivity index (χ4n) is 2.88. The highest BCUT2D eigenvalue weighted by Crippen LogP contribution is 2.27. The molecule has 0 radical (unpaired) electrons. The van der Waals surface area contributed by atoms with Crippen LogP contribution in [0.1, 0.15) is 37.7 Å². The highest BCUT2D eigenvalue weighted by Gasteiger charge is 2.35. The van der Waals surface area contributed by atoms with Crippen molar-refractivity contribution >= 4 is 16.0 Å². The van der Waals surface area contributed by atoms with E-state index < -0.39 is 28.0 Å². The van der Waals surface area contributed by atoms with E-state index in [1.165, 1.54) is 0 Å². The van der Waals surface area contributed by atoms with Gasteiger partial charge in [-0.15, -0.1) is 0 Å². The standard InChI is InChI=1S/C15H21NO4S/c1-11(12-6-3-2-4-7-12)10-21(19,20)16-14-9-5-8-13(14)15(17)18/h2-4,6-7,11,13-14,16H,5,8-10H2,1H3,(H,17,18). The van der Waals surface area contributed by atoms with Gasteiger partial charge in [0.2, 0.25) is 10.0 Å². The summed E-state index contributed by atoms with van der Waals surface area (Å²) in [6.45, 7) is 1.86. The summed E-state index contributed by atoms with van der Waals surface area (Å²) in [6, 6.07) is 8.97. The third-order valence-electron chi connectivity index (χ3n) is 4.00. The number of carboxylic acid groups (broad SMARTS) is 1. The number of hydrogen-bond acceptors (Lipinski definition) is 3. The molecule has 1 aliphatic rings. The van der Waals surface area contributed by atoms with Crippen LogP contribution < -0.4 is 4.72 Å². The Hall–Kier alpha value is -1.40. The fourth-order valence-corrected chi connectivity index (χ4v) is 4.57. The van der Waals surface area contributed by atoms with Crippen LogP contribution in [0.3, 0.4) is 0 Å². The fraction of sp³-hybridized carbons (Fsp3) is 0.533. The molecule has 1 aliphatic carbocycles. The molecule has 6 heteroatoms. The third-order valence-corrected chi connectivity index (χ3v) is 5.60. The summed E-state index contributed by atoms with van der Waals surface area (Å²) in [5.41, 5.74) is 0.962. The monoisotopic (exact) mass is 311 g/mol. The summed E-state index contributed by atoms with van der Waals surface area (Å²) >= 11 is 0. The number of carboxylic acids is 1. The molecular weight excluding hydrogens is 290 g/mol. The SMILES string of the molecule is CC(CS(=O)(=O)NC1CCCC1C(=O)O)c1ccccc1. The Labute approximate surface area is 125 Å². The van der Waals surface area contributed by atoms with Gasteiger partial charge in [-0.25, -0.2) is 13.1 Å². The number of benzene rings is 1. The minimum atomic E-state index is -3.49. The zero-order chi connectivity index (χ0) is 15.5. The summed E-state index contributed by atoms with van der Waals surface area (Å²) < 4.78 is 27.0. The normalized spacial score (nSPS) is 23.9. The molecule has 2 N–H and O–H groups in total. The van der Waals surface area contributed by atoms with Crippen molar-refractivity contribution in [3.05, 3.63) is 35.9 Å². The van der Waals surface area contributed by atoms with Crippen LogP contribution in [0.15, 0.2) is 30.3 Å². The summed E-state index contributed by atoms with van der Waals surface area (Å²) in [6.07, 6.45) is 1.88. The highest BCUT2D eigenvalue weighted by molar-refractivity contribution is 7.89. The van der Waals surface area contributed by atoms with Crippen molar-refractivity contribution in [2.75, 3.05) is 5.75 Å². The van der Waals surface area contributed by atoms with Gasteiger partial charge in [0, 0.05) is 6.04 Å². The van der Waals surface area contributed by atoms with Gasteiger partial charge in [0.05, 0.1) is 11.7 Å². The van der Waals surface area contributed by atoms with Crippen LogP contribution in [0.5, 0.6) is 0 Å². The Bertz CT molecular complexity index is 585. The molecule has 1 aromatic rings. The quantitative estimate of drug-likeness (QED) is 0.841. The van der Waals surface area contributed by atoms with Crippen molar-refractivity contribution in [1.29, 1.82) is 0 Å². The average molecular weight is 311 g/mol. The second-order valence-electron chi connectivity index (χ2n) is 5.69. The average Bonchev–Trinajstić information content (AvgIpc) is 2.86. The van der Waals surface area contributed by atoms with E-state index in [9.17, 15) is 13.2 Å². The maximum Gasteiger partial charge on any atom is 0.308 e. The number of nitrogens with one attached hydrogen (secondary N) is 1. The van der Waals surface area contributed by atoms with Gasteiger partial charge in [0.25, 0.3) is 0 Å². The Balaban J connectivity index is 2.00. The van der Waals surface area contributed by atoms with E-state index in [0.717, 1.165) is 12.0 Å². The van der Waals surface area contributed by atoms with Crippen molar-refractivity contribution in [3.63, 3.8) is 0 Å². The van der Waals surface area contributed by atoms with E-state index >= 15 is 0 Å². The van der Waals surface area contributed by atoms with E-state index in [2.05, 4.69) is 4.72 Å². The topological polar surface area (TPSA) is 83.5 Å². The van der Waals surface area contributed by atoms with Crippen molar-refractivity contribution in [2.24, 2.45) is 5.92 Å². The largest absolute Gasteiger partial charge is 0.481 e. The number of rotatable bonds is 6. The number of hydrogen-bond donors (Lipinski definition) is 2. The molecule has 0 heterocycles. The molecule has 0 bridgehead atoms. The van der Waals surface area contributed by atoms with Crippen LogP contribution in [0.4, 0.5) is 0 Å². The lowest BCUT2D eigenvalue weighted by atomic mass is 10.0. The van der Waals surface area contributed by atoms with Crippen molar-refractivity contribution in [2.45, 2.75) is 38.1 Å². The summed E-state index contributed by atoms with van der Waals surface area (Å²) in [7, 11) is -3.49. The van der Waals surface area contributed by atoms with Crippen LogP contribution in [0.2, 0.25) is 0 Å². The molecule has 0 amide bonds. The first-order valence-electron chi connectivity index (χ1n) is 7.17. The van der Waals surface area contributed by atoms with Crippen LogP contribution >= 0.6 is 0 Å². The second-order valence-corrected chi connectivity index (χ2v) is 7.49. The minimum absolute atomic E-state index is 0.0279. The lowest BCUT2D eigenvalue weighted by Crippen LogP contribution is -2.41. The van der Waals surface area contributed by atoms with Gasteiger partial charge in [-0.05, 0) is 24.3 Å². The molecule has 5 nitrogen and oxygen atoms in total. The van der Waals surface area contributed by atoms with Gasteiger partial charge in [-0.2, -0.15) is 0 Å². The van der Waals surface area contributed by atoms with E-state index in [-0.39, 0.29) is 11.7 Å². The number of sulfonamides is 1. The molecule has 3 unspecified atom stereocenters. The maximum atomic E-state index is 12.2. The van der Waals surface area contributed by atoms with E-state index in [1.54, 1.807) is 0 Å². The molecule has 0 aromatic heterocycles. The molecule has 0 aliphatic heterocycles. The summed E-state index contributed by atoms with van der Waals surface area (Å²) in [5, 5.41) is 9.11. The zero-order valence-corrected chi connectivity index (χ0v) is 12.8. The first-order valence-corrected chi connectivity index (χ1v) is 8.82. The molecule has 2 rings (SSSR count). The van der Waals surface area contributed by atoms with Crippen molar-refractivity contribution in [3.8, 4) is 0 Å². The highest BCUT2D eigenvalue weighted by atomic mass is 32.2. The molecule has 21 heavy (non-hydrogen) atoms. The van der Waals surface area contributed by atoms with Gasteiger partial charge in [-0.1, -0.05) is 43.7 Å². The van der Waals surface area contributed by atoms with Crippen LogP contribution in [0, 0.1) is 5.92 Å². The molecule has 1 saturated carbocycles. The van der Waals surface area contributed by atoms with Gasteiger partial charge in [0.15, 0.2) is 0 Å². The minimum Gasteiger partial charge on any atom is -0.481 e. The molecule has 0 spiro atoms. The van der Waals surface area contributed by atoms with Gasteiger partial charge >= 0.3 is 5.97 Å². The lowest BCUT2D eigenvalue weighted by Gasteiger charge is -2.19. The first kappa shape index (κ1) is 16.0. The summed E-state index contributed by atoms with van der Waals surface area (Å²) in [4.78, 5) is 11.1. The van der Waals surface area contributed by atoms with Crippen LogP contribution in [-0.4, -0.2) is 31.3 Å². The van der Waals surface area contributed by atoms with Gasteiger partial charge in [0.1, 0.15) is 0 Å². The Morgan fingerprint density at radius 3 is 2.62 bits per heavy atom. The second kappa shape index (κ2) is 6.58. The Kier molecular flexibility index (Phi) is 5.00. The molecule has 1 fully saturated rings. The van der Waals surface area contributed by atoms with Gasteiger partial charge < -0.3 is 5.11 Å². The lowest BCUT2D eigenvalue weighted by molar-refractivity contribution is -0.141. The Morgan fingerprint density at radius 1 is 1.33 bits per heavy atom. The van der Waals surface area contributed by atoms with E-state index in [4.69, 9.17) is 5.11 Å². The van der Waals surface area contributed by atoms with Crippen molar-refractivity contribution < 1.29 is 18.3 Å². The Morgan fingerprint density at radius 2 is 2.00 bits per heavy atom. The predicted octanol–water partition coefficient (Wildman–Crippen LogP) is 1.96. The van der Waals surface area contributed by atoms with Crippen molar-refractivity contribution in [1.82, 2.24) is 4.72 Å². The van der Waals surface area contributed by atoms with E-state index in [0.29, 0.717) is 12.8 Å². The van der Waals surface area contributed by atoms with Gasteiger partial charge in [-0.3, -0.25) is 4.79 Å².